The van der Waals surface area contributed by atoms with E-state index >= 15 is 0 Å². The molecule has 4 aliphatic rings. The van der Waals surface area contributed by atoms with Gasteiger partial charge < -0.3 is 5.32 Å². The molecule has 0 spiro atoms. The Morgan fingerprint density at radius 3 is 2.05 bits per heavy atom. The summed E-state index contributed by atoms with van der Waals surface area (Å²) in [4.78, 5) is 0. The summed E-state index contributed by atoms with van der Waals surface area (Å²) in [7, 11) is 0. The van der Waals surface area contributed by atoms with Crippen LogP contribution in [0.5, 0.6) is 0 Å². The molecule has 1 atom stereocenters. The first-order valence-corrected chi connectivity index (χ1v) is 8.23. The fourth-order valence-electron chi connectivity index (χ4n) is 5.22. The lowest BCUT2D eigenvalue weighted by Gasteiger charge is -2.55. The van der Waals surface area contributed by atoms with Crippen molar-refractivity contribution in [2.75, 3.05) is 0 Å². The maximum absolute atomic E-state index is 12.2. The van der Waals surface area contributed by atoms with Gasteiger partial charge in [-0.2, -0.15) is 13.2 Å². The molecule has 0 aromatic carbocycles. The third kappa shape index (κ3) is 3.32. The van der Waals surface area contributed by atoms with Crippen LogP contribution in [0.1, 0.15) is 58.3 Å². The molecule has 0 aliphatic heterocycles. The van der Waals surface area contributed by atoms with Crippen LogP contribution >= 0.6 is 0 Å². The van der Waals surface area contributed by atoms with Gasteiger partial charge in [0.2, 0.25) is 0 Å². The van der Waals surface area contributed by atoms with Crippen molar-refractivity contribution in [1.29, 1.82) is 0 Å². The molecule has 4 aliphatic carbocycles. The summed E-state index contributed by atoms with van der Waals surface area (Å²) in [5.41, 5.74) is 0. The summed E-state index contributed by atoms with van der Waals surface area (Å²) in [6, 6.07) is 0.809. The fraction of sp³-hybridized carbons (Fsp3) is 1.00. The van der Waals surface area contributed by atoms with Gasteiger partial charge >= 0.3 is 6.18 Å². The Morgan fingerprint density at radius 1 is 1.00 bits per heavy atom. The summed E-state index contributed by atoms with van der Waals surface area (Å²) in [5.74, 6) is 3.51. The van der Waals surface area contributed by atoms with Crippen molar-refractivity contribution < 1.29 is 13.2 Å². The fourth-order valence-corrected chi connectivity index (χ4v) is 5.22. The molecule has 4 fully saturated rings. The second kappa shape index (κ2) is 5.51. The highest BCUT2D eigenvalue weighted by Gasteiger charge is 2.48. The van der Waals surface area contributed by atoms with Crippen LogP contribution in [0.15, 0.2) is 0 Å². The quantitative estimate of drug-likeness (QED) is 0.784. The Balaban J connectivity index is 1.46. The van der Waals surface area contributed by atoms with Crippen LogP contribution in [0.3, 0.4) is 0 Å². The first kappa shape index (κ1) is 14.7. The van der Waals surface area contributed by atoms with E-state index in [9.17, 15) is 13.2 Å². The Bertz CT molecular complexity index is 311. The number of halogens is 3. The van der Waals surface area contributed by atoms with Gasteiger partial charge in [-0.3, -0.25) is 0 Å². The van der Waals surface area contributed by atoms with Gasteiger partial charge in [0.15, 0.2) is 0 Å². The normalized spacial score (nSPS) is 41.1. The second-order valence-corrected chi connectivity index (χ2v) is 7.53. The molecule has 4 rings (SSSR count). The summed E-state index contributed by atoms with van der Waals surface area (Å²) < 4.78 is 36.5. The van der Waals surface area contributed by atoms with Gasteiger partial charge in [0.1, 0.15) is 0 Å². The summed E-state index contributed by atoms with van der Waals surface area (Å²) in [6.45, 7) is 2.06. The van der Waals surface area contributed by atoms with Gasteiger partial charge in [0.25, 0.3) is 0 Å². The average molecular weight is 289 g/mol. The highest BCUT2D eigenvalue weighted by molar-refractivity contribution is 5.01. The molecule has 4 saturated carbocycles. The van der Waals surface area contributed by atoms with Crippen molar-refractivity contribution in [2.45, 2.75) is 76.6 Å². The van der Waals surface area contributed by atoms with E-state index < -0.39 is 12.6 Å². The molecule has 4 heteroatoms. The van der Waals surface area contributed by atoms with Gasteiger partial charge in [-0.05, 0) is 75.5 Å². The highest BCUT2D eigenvalue weighted by atomic mass is 19.4. The van der Waals surface area contributed by atoms with Crippen molar-refractivity contribution in [2.24, 2.45) is 23.7 Å². The minimum absolute atomic E-state index is 0.222. The van der Waals surface area contributed by atoms with Gasteiger partial charge in [0.05, 0.1) is 0 Å². The van der Waals surface area contributed by atoms with Gasteiger partial charge in [-0.1, -0.05) is 0 Å². The molecule has 4 bridgehead atoms. The predicted octanol–water partition coefficient (Wildman–Crippen LogP) is 4.52. The van der Waals surface area contributed by atoms with E-state index in [0.717, 1.165) is 23.7 Å². The van der Waals surface area contributed by atoms with Crippen LogP contribution in [-0.2, 0) is 0 Å². The molecule has 0 saturated heterocycles. The molecular weight excluding hydrogens is 263 g/mol. The lowest BCUT2D eigenvalue weighted by Crippen LogP contribution is -2.56. The third-order valence-electron chi connectivity index (χ3n) is 5.80. The molecule has 0 amide bonds. The van der Waals surface area contributed by atoms with E-state index in [1.54, 1.807) is 0 Å². The minimum atomic E-state index is -4.00. The van der Waals surface area contributed by atoms with E-state index in [2.05, 4.69) is 12.2 Å². The smallest absolute Gasteiger partial charge is 0.311 e. The van der Waals surface area contributed by atoms with E-state index in [0.29, 0.717) is 12.5 Å². The zero-order valence-corrected chi connectivity index (χ0v) is 12.3. The van der Waals surface area contributed by atoms with Crippen LogP contribution in [0, 0.1) is 23.7 Å². The molecule has 1 unspecified atom stereocenters. The number of alkyl halides is 3. The SMILES string of the molecule is CC(CCCC(F)(F)F)NC1C2CC3CC(C2)CC1C3. The summed E-state index contributed by atoms with van der Waals surface area (Å²) >= 11 is 0. The van der Waals surface area contributed by atoms with Gasteiger partial charge in [0, 0.05) is 18.5 Å². The number of hydrogen-bond donors (Lipinski definition) is 1. The highest BCUT2D eigenvalue weighted by Crippen LogP contribution is 2.53. The van der Waals surface area contributed by atoms with Crippen molar-refractivity contribution in [3.63, 3.8) is 0 Å². The van der Waals surface area contributed by atoms with Gasteiger partial charge in [-0.15, -0.1) is 0 Å². The first-order valence-electron chi connectivity index (χ1n) is 8.23. The van der Waals surface area contributed by atoms with Crippen molar-refractivity contribution in [3.05, 3.63) is 0 Å². The standard InChI is InChI=1S/C16H26F3N/c1-10(3-2-4-16(17,18)19)20-15-13-6-11-5-12(8-13)9-14(15)7-11/h10-15,20H,2-9H2,1H3. The molecule has 0 heterocycles. The maximum Gasteiger partial charge on any atom is 0.389 e. The Kier molecular flexibility index (Phi) is 4.04. The van der Waals surface area contributed by atoms with E-state index in [1.165, 1.54) is 32.1 Å². The molecule has 1 nitrogen and oxygen atoms in total. The Labute approximate surface area is 119 Å². The molecule has 1 N–H and O–H groups in total. The number of nitrogens with one attached hydrogen (secondary N) is 1. The zero-order valence-electron chi connectivity index (χ0n) is 12.3. The Hall–Kier alpha value is -0.250. The van der Waals surface area contributed by atoms with Crippen LogP contribution in [0.25, 0.3) is 0 Å². The van der Waals surface area contributed by atoms with Crippen molar-refractivity contribution in [3.8, 4) is 0 Å². The third-order valence-corrected chi connectivity index (χ3v) is 5.80. The molecule has 0 radical (unpaired) electrons. The molecule has 116 valence electrons. The minimum Gasteiger partial charge on any atom is -0.311 e. The lowest BCUT2D eigenvalue weighted by atomic mass is 9.54. The first-order chi connectivity index (χ1) is 9.40. The topological polar surface area (TPSA) is 12.0 Å². The predicted molar refractivity (Wildman–Crippen MR) is 73.3 cm³/mol. The monoisotopic (exact) mass is 289 g/mol. The summed E-state index contributed by atoms with van der Waals surface area (Å²) in [5, 5.41) is 3.68. The molecule has 0 aromatic rings. The molecule has 20 heavy (non-hydrogen) atoms. The van der Waals surface area contributed by atoms with E-state index in [1.807, 2.05) is 0 Å². The van der Waals surface area contributed by atoms with Crippen LogP contribution in [0.2, 0.25) is 0 Å². The van der Waals surface area contributed by atoms with E-state index in [-0.39, 0.29) is 12.5 Å². The Morgan fingerprint density at radius 2 is 1.55 bits per heavy atom. The van der Waals surface area contributed by atoms with Gasteiger partial charge in [-0.25, -0.2) is 0 Å². The second-order valence-electron chi connectivity index (χ2n) is 7.53. The average Bonchev–Trinajstić information content (AvgIpc) is 2.31. The maximum atomic E-state index is 12.2. The largest absolute Gasteiger partial charge is 0.389 e. The van der Waals surface area contributed by atoms with Crippen LogP contribution in [-0.4, -0.2) is 18.3 Å². The zero-order chi connectivity index (χ0) is 14.3. The van der Waals surface area contributed by atoms with Crippen molar-refractivity contribution >= 4 is 0 Å². The van der Waals surface area contributed by atoms with Crippen LogP contribution in [0.4, 0.5) is 13.2 Å². The van der Waals surface area contributed by atoms with Crippen molar-refractivity contribution in [1.82, 2.24) is 5.32 Å². The number of rotatable bonds is 5. The molecular formula is C16H26F3N. The van der Waals surface area contributed by atoms with E-state index in [4.69, 9.17) is 0 Å². The molecule has 0 aromatic heterocycles. The van der Waals surface area contributed by atoms with Crippen LogP contribution < -0.4 is 5.32 Å². The summed E-state index contributed by atoms with van der Waals surface area (Å²) in [6.07, 6.45) is 3.15. The number of hydrogen-bond acceptors (Lipinski definition) is 1. The lowest BCUT2D eigenvalue weighted by molar-refractivity contribution is -0.135.